The maximum Gasteiger partial charge on any atom is 0.205 e. The largest absolute Gasteiger partial charge is 0.496 e. The number of H-pyrrole nitrogens is 1. The van der Waals surface area contributed by atoms with Gasteiger partial charge in [0.1, 0.15) is 5.75 Å². The van der Waals surface area contributed by atoms with Crippen molar-refractivity contribution in [1.82, 2.24) is 4.98 Å². The van der Waals surface area contributed by atoms with Gasteiger partial charge in [0.15, 0.2) is 0 Å². The van der Waals surface area contributed by atoms with Crippen molar-refractivity contribution in [2.75, 3.05) is 7.11 Å². The second kappa shape index (κ2) is 4.72. The van der Waals surface area contributed by atoms with Crippen LogP contribution in [0.5, 0.6) is 5.75 Å². The molecular weight excluding hydrogens is 282 g/mol. The summed E-state index contributed by atoms with van der Waals surface area (Å²) in [5.74, 6) is 0.645. The lowest BCUT2D eigenvalue weighted by Crippen LogP contribution is -1.97. The summed E-state index contributed by atoms with van der Waals surface area (Å²) in [6, 6.07) is 7.27. The predicted molar refractivity (Wildman–Crippen MR) is 77.6 cm³/mol. The first kappa shape index (κ1) is 12.3. The molecular formula is C14H10ClNO2S. The summed E-state index contributed by atoms with van der Waals surface area (Å²) < 4.78 is 5.10. The molecule has 0 bridgehead atoms. The van der Waals surface area contributed by atoms with Crippen LogP contribution in [0.1, 0.15) is 15.2 Å². The van der Waals surface area contributed by atoms with E-state index in [2.05, 4.69) is 4.98 Å². The number of hydrogen-bond acceptors (Lipinski definition) is 3. The number of rotatable bonds is 3. The van der Waals surface area contributed by atoms with Crippen LogP contribution in [0, 0.1) is 0 Å². The van der Waals surface area contributed by atoms with Crippen molar-refractivity contribution in [2.45, 2.75) is 0 Å². The zero-order valence-corrected chi connectivity index (χ0v) is 11.6. The molecule has 0 saturated carbocycles. The van der Waals surface area contributed by atoms with Crippen LogP contribution in [0.4, 0.5) is 0 Å². The van der Waals surface area contributed by atoms with E-state index in [1.165, 1.54) is 11.3 Å². The standard InChI is InChI=1S/C14H10ClNO2S/c1-18-8-5-12(19-7-8)14(17)9-6-16-11-4-2-3-10(15)13(9)11/h2-7,16H,1H3. The average molecular weight is 292 g/mol. The van der Waals surface area contributed by atoms with Gasteiger partial charge in [-0.2, -0.15) is 0 Å². The predicted octanol–water partition coefficient (Wildman–Crippen LogP) is 4.12. The fourth-order valence-electron chi connectivity index (χ4n) is 2.00. The molecule has 0 amide bonds. The van der Waals surface area contributed by atoms with Gasteiger partial charge in [-0.25, -0.2) is 0 Å². The Hall–Kier alpha value is -1.78. The fourth-order valence-corrected chi connectivity index (χ4v) is 3.08. The normalized spacial score (nSPS) is 10.8. The van der Waals surface area contributed by atoms with Gasteiger partial charge in [0.05, 0.1) is 22.6 Å². The number of methoxy groups -OCH3 is 1. The minimum absolute atomic E-state index is 0.0485. The molecule has 0 aliphatic heterocycles. The molecule has 3 rings (SSSR count). The number of ketones is 1. The van der Waals surface area contributed by atoms with E-state index >= 15 is 0 Å². The Kier molecular flexibility index (Phi) is 3.05. The molecule has 2 heterocycles. The zero-order chi connectivity index (χ0) is 13.4. The first-order valence-corrected chi connectivity index (χ1v) is 6.89. The monoisotopic (exact) mass is 291 g/mol. The Morgan fingerprint density at radius 2 is 2.26 bits per heavy atom. The Balaban J connectivity index is 2.11. The Bertz CT molecular complexity index is 760. The molecule has 3 nitrogen and oxygen atoms in total. The topological polar surface area (TPSA) is 42.1 Å². The first-order valence-electron chi connectivity index (χ1n) is 5.63. The smallest absolute Gasteiger partial charge is 0.205 e. The summed E-state index contributed by atoms with van der Waals surface area (Å²) >= 11 is 7.54. The number of fused-ring (bicyclic) bond motifs is 1. The number of halogens is 1. The Morgan fingerprint density at radius 3 is 3.00 bits per heavy atom. The van der Waals surface area contributed by atoms with Gasteiger partial charge in [-0.3, -0.25) is 4.79 Å². The van der Waals surface area contributed by atoms with Gasteiger partial charge in [-0.15, -0.1) is 11.3 Å². The van der Waals surface area contributed by atoms with Crippen LogP contribution in [-0.4, -0.2) is 17.9 Å². The van der Waals surface area contributed by atoms with E-state index < -0.39 is 0 Å². The number of aromatic nitrogens is 1. The van der Waals surface area contributed by atoms with E-state index in [1.54, 1.807) is 25.4 Å². The van der Waals surface area contributed by atoms with Gasteiger partial charge in [0.2, 0.25) is 5.78 Å². The Labute approximate surface area is 118 Å². The minimum atomic E-state index is -0.0485. The molecule has 1 aromatic carbocycles. The lowest BCUT2D eigenvalue weighted by atomic mass is 10.1. The summed E-state index contributed by atoms with van der Waals surface area (Å²) in [6.07, 6.45) is 1.70. The van der Waals surface area contributed by atoms with Crippen LogP contribution in [0.2, 0.25) is 5.02 Å². The van der Waals surface area contributed by atoms with Crippen molar-refractivity contribution in [3.05, 3.63) is 51.3 Å². The minimum Gasteiger partial charge on any atom is -0.496 e. The molecule has 19 heavy (non-hydrogen) atoms. The van der Waals surface area contributed by atoms with E-state index in [-0.39, 0.29) is 5.78 Å². The van der Waals surface area contributed by atoms with Crippen LogP contribution in [0.25, 0.3) is 10.9 Å². The third kappa shape index (κ3) is 2.03. The quantitative estimate of drug-likeness (QED) is 0.738. The van der Waals surface area contributed by atoms with Crippen molar-refractivity contribution < 1.29 is 9.53 Å². The van der Waals surface area contributed by atoms with Gasteiger partial charge in [-0.05, 0) is 12.1 Å². The fraction of sp³-hybridized carbons (Fsp3) is 0.0714. The molecule has 5 heteroatoms. The van der Waals surface area contributed by atoms with E-state index in [4.69, 9.17) is 16.3 Å². The van der Waals surface area contributed by atoms with Gasteiger partial charge in [0, 0.05) is 28.5 Å². The van der Waals surface area contributed by atoms with Crippen LogP contribution < -0.4 is 4.74 Å². The van der Waals surface area contributed by atoms with Gasteiger partial charge in [-0.1, -0.05) is 17.7 Å². The van der Waals surface area contributed by atoms with Gasteiger partial charge < -0.3 is 9.72 Å². The average Bonchev–Trinajstić information content (AvgIpc) is 3.05. The highest BCUT2D eigenvalue weighted by Crippen LogP contribution is 2.30. The molecule has 0 aliphatic rings. The Morgan fingerprint density at radius 1 is 1.42 bits per heavy atom. The molecule has 0 fully saturated rings. The number of benzene rings is 1. The van der Waals surface area contributed by atoms with E-state index in [9.17, 15) is 4.79 Å². The van der Waals surface area contributed by atoms with Crippen molar-refractivity contribution in [1.29, 1.82) is 0 Å². The molecule has 3 aromatic rings. The SMILES string of the molecule is COc1csc(C(=O)c2c[nH]c3cccc(Cl)c23)c1. The molecule has 1 N–H and O–H groups in total. The molecule has 96 valence electrons. The molecule has 0 saturated heterocycles. The number of carbonyl (C=O) groups is 1. The number of thiophene rings is 1. The third-order valence-electron chi connectivity index (χ3n) is 2.93. The van der Waals surface area contributed by atoms with Crippen LogP contribution in [0.15, 0.2) is 35.8 Å². The molecule has 0 spiro atoms. The van der Waals surface area contributed by atoms with Crippen LogP contribution >= 0.6 is 22.9 Å². The molecule has 0 atom stereocenters. The molecule has 0 unspecified atom stereocenters. The highest BCUT2D eigenvalue weighted by atomic mass is 35.5. The summed E-state index contributed by atoms with van der Waals surface area (Å²) in [5.41, 5.74) is 1.45. The van der Waals surface area contributed by atoms with E-state index in [0.717, 1.165) is 10.9 Å². The van der Waals surface area contributed by atoms with Crippen molar-refractivity contribution in [3.63, 3.8) is 0 Å². The maximum absolute atomic E-state index is 12.5. The summed E-state index contributed by atoms with van der Waals surface area (Å²) in [6.45, 7) is 0. The van der Waals surface area contributed by atoms with E-state index in [0.29, 0.717) is 21.2 Å². The lowest BCUT2D eigenvalue weighted by Gasteiger charge is -1.98. The van der Waals surface area contributed by atoms with Gasteiger partial charge in [0.25, 0.3) is 0 Å². The van der Waals surface area contributed by atoms with Crippen molar-refractivity contribution in [3.8, 4) is 5.75 Å². The number of ether oxygens (including phenoxy) is 1. The van der Waals surface area contributed by atoms with Crippen LogP contribution in [0.3, 0.4) is 0 Å². The molecule has 0 aliphatic carbocycles. The third-order valence-corrected chi connectivity index (χ3v) is 4.16. The maximum atomic E-state index is 12.5. The first-order chi connectivity index (χ1) is 9.20. The van der Waals surface area contributed by atoms with Crippen molar-refractivity contribution in [2.24, 2.45) is 0 Å². The summed E-state index contributed by atoms with van der Waals surface area (Å²) in [4.78, 5) is 16.2. The number of aromatic amines is 1. The number of carbonyl (C=O) groups excluding carboxylic acids is 1. The number of hydrogen-bond donors (Lipinski definition) is 1. The zero-order valence-electron chi connectivity index (χ0n) is 10.1. The van der Waals surface area contributed by atoms with Crippen LogP contribution in [-0.2, 0) is 0 Å². The lowest BCUT2D eigenvalue weighted by molar-refractivity contribution is 0.104. The second-order valence-electron chi connectivity index (χ2n) is 4.04. The molecule has 2 aromatic heterocycles. The highest BCUT2D eigenvalue weighted by molar-refractivity contribution is 7.12. The summed E-state index contributed by atoms with van der Waals surface area (Å²) in [7, 11) is 1.58. The molecule has 0 radical (unpaired) electrons. The summed E-state index contributed by atoms with van der Waals surface area (Å²) in [5, 5.41) is 3.15. The second-order valence-corrected chi connectivity index (χ2v) is 5.36. The van der Waals surface area contributed by atoms with E-state index in [1.807, 2.05) is 17.5 Å². The number of nitrogens with one attached hydrogen (secondary N) is 1. The van der Waals surface area contributed by atoms with Gasteiger partial charge >= 0.3 is 0 Å². The highest BCUT2D eigenvalue weighted by Gasteiger charge is 2.18. The van der Waals surface area contributed by atoms with Crippen molar-refractivity contribution >= 4 is 39.6 Å².